The van der Waals surface area contributed by atoms with E-state index < -0.39 is 5.41 Å². The average Bonchev–Trinajstić information content (AvgIpc) is 2.86. The highest BCUT2D eigenvalue weighted by Gasteiger charge is 2.32. The van der Waals surface area contributed by atoms with E-state index in [0.717, 1.165) is 23.4 Å². The van der Waals surface area contributed by atoms with Gasteiger partial charge in [0.25, 0.3) is 0 Å². The van der Waals surface area contributed by atoms with Crippen molar-refractivity contribution in [1.82, 2.24) is 9.78 Å². The quantitative estimate of drug-likeness (QED) is 0.730. The second-order valence-corrected chi connectivity index (χ2v) is 5.87. The van der Waals surface area contributed by atoms with Gasteiger partial charge in [0.05, 0.1) is 5.69 Å². The Labute approximate surface area is 134 Å². The lowest BCUT2D eigenvalue weighted by molar-refractivity contribution is 0.509. The van der Waals surface area contributed by atoms with Crippen LogP contribution in [-0.4, -0.2) is 21.5 Å². The van der Waals surface area contributed by atoms with Crippen LogP contribution in [0, 0.1) is 5.82 Å². The van der Waals surface area contributed by atoms with Crippen molar-refractivity contribution < 1.29 is 4.39 Å². The molecule has 5 heteroatoms. The third-order valence-corrected chi connectivity index (χ3v) is 4.90. The Morgan fingerprint density at radius 2 is 1.81 bits per heavy atom. The SMILES string of the molecule is CCc1cc(CC(CCl)(CCl)c2ccc(F)cc2)n(C)n1. The third kappa shape index (κ3) is 3.41. The first-order chi connectivity index (χ1) is 10.0. The van der Waals surface area contributed by atoms with Crippen LogP contribution < -0.4 is 0 Å². The Morgan fingerprint density at radius 3 is 2.29 bits per heavy atom. The topological polar surface area (TPSA) is 17.8 Å². The molecule has 0 fully saturated rings. The smallest absolute Gasteiger partial charge is 0.123 e. The number of aromatic nitrogens is 2. The first-order valence-electron chi connectivity index (χ1n) is 6.94. The predicted molar refractivity (Wildman–Crippen MR) is 85.8 cm³/mol. The molecule has 114 valence electrons. The van der Waals surface area contributed by atoms with E-state index in [1.165, 1.54) is 12.1 Å². The summed E-state index contributed by atoms with van der Waals surface area (Å²) in [6.07, 6.45) is 1.56. The van der Waals surface area contributed by atoms with Crippen molar-refractivity contribution in [3.05, 3.63) is 53.1 Å². The van der Waals surface area contributed by atoms with E-state index >= 15 is 0 Å². The number of aryl methyl sites for hydroxylation is 2. The fourth-order valence-electron chi connectivity index (χ4n) is 2.45. The zero-order valence-corrected chi connectivity index (χ0v) is 13.8. The molecule has 0 bridgehead atoms. The molecule has 0 aliphatic heterocycles. The van der Waals surface area contributed by atoms with Gasteiger partial charge in [0.15, 0.2) is 0 Å². The van der Waals surface area contributed by atoms with Gasteiger partial charge in [-0.3, -0.25) is 4.68 Å². The van der Waals surface area contributed by atoms with Crippen molar-refractivity contribution in [2.24, 2.45) is 7.05 Å². The van der Waals surface area contributed by atoms with Crippen molar-refractivity contribution in [2.45, 2.75) is 25.2 Å². The molecular weight excluding hydrogens is 310 g/mol. The van der Waals surface area contributed by atoms with E-state index in [4.69, 9.17) is 23.2 Å². The van der Waals surface area contributed by atoms with Crippen LogP contribution in [0.15, 0.2) is 30.3 Å². The highest BCUT2D eigenvalue weighted by atomic mass is 35.5. The van der Waals surface area contributed by atoms with Crippen LogP contribution in [0.4, 0.5) is 4.39 Å². The fraction of sp³-hybridized carbons (Fsp3) is 0.438. The number of alkyl halides is 2. The summed E-state index contributed by atoms with van der Waals surface area (Å²) in [5, 5.41) is 4.46. The van der Waals surface area contributed by atoms with E-state index in [1.807, 2.05) is 11.7 Å². The zero-order valence-electron chi connectivity index (χ0n) is 12.2. The van der Waals surface area contributed by atoms with Crippen molar-refractivity contribution in [3.63, 3.8) is 0 Å². The number of rotatable bonds is 6. The standard InChI is InChI=1S/C16H19Cl2FN2/c1-3-14-8-15(21(2)20-14)9-16(10-17,11-18)12-4-6-13(19)7-5-12/h4-8H,3,9-11H2,1-2H3. The molecule has 0 saturated heterocycles. The molecular formula is C16H19Cl2FN2. The normalized spacial score (nSPS) is 11.9. The second kappa shape index (κ2) is 6.80. The van der Waals surface area contributed by atoms with Crippen molar-refractivity contribution >= 4 is 23.2 Å². The van der Waals surface area contributed by atoms with Gasteiger partial charge in [0, 0.05) is 36.3 Å². The van der Waals surface area contributed by atoms with Gasteiger partial charge in [-0.2, -0.15) is 5.10 Å². The van der Waals surface area contributed by atoms with Gasteiger partial charge in [-0.25, -0.2) is 4.39 Å². The van der Waals surface area contributed by atoms with Gasteiger partial charge < -0.3 is 0 Å². The number of hydrogen-bond donors (Lipinski definition) is 0. The Bertz CT molecular complexity index is 589. The molecule has 0 N–H and O–H groups in total. The number of benzene rings is 1. The van der Waals surface area contributed by atoms with Crippen molar-refractivity contribution in [2.75, 3.05) is 11.8 Å². The lowest BCUT2D eigenvalue weighted by Crippen LogP contribution is -2.34. The summed E-state index contributed by atoms with van der Waals surface area (Å²) in [5.74, 6) is 0.481. The van der Waals surface area contributed by atoms with E-state index in [1.54, 1.807) is 12.1 Å². The molecule has 0 spiro atoms. The van der Waals surface area contributed by atoms with Crippen molar-refractivity contribution in [3.8, 4) is 0 Å². The maximum absolute atomic E-state index is 13.1. The molecule has 2 rings (SSSR count). The van der Waals surface area contributed by atoms with E-state index in [0.29, 0.717) is 18.2 Å². The molecule has 1 aromatic carbocycles. The summed E-state index contributed by atoms with van der Waals surface area (Å²) in [6, 6.07) is 8.50. The predicted octanol–water partition coefficient (Wildman–Crippen LogP) is 4.08. The van der Waals surface area contributed by atoms with Crippen LogP contribution >= 0.6 is 23.2 Å². The summed E-state index contributed by atoms with van der Waals surface area (Å²) in [5.41, 5.74) is 2.66. The largest absolute Gasteiger partial charge is 0.272 e. The Balaban J connectivity index is 2.37. The number of nitrogens with zero attached hydrogens (tertiary/aromatic N) is 2. The van der Waals surface area contributed by atoms with Gasteiger partial charge in [0.1, 0.15) is 5.82 Å². The molecule has 0 amide bonds. The molecule has 21 heavy (non-hydrogen) atoms. The summed E-state index contributed by atoms with van der Waals surface area (Å²) in [7, 11) is 1.92. The van der Waals surface area contributed by atoms with Crippen LogP contribution in [0.1, 0.15) is 23.9 Å². The highest BCUT2D eigenvalue weighted by molar-refractivity contribution is 6.22. The Hall–Kier alpha value is -1.06. The fourth-order valence-corrected chi connectivity index (χ4v) is 3.23. The minimum Gasteiger partial charge on any atom is -0.272 e. The van der Waals surface area contributed by atoms with Crippen LogP contribution in [0.25, 0.3) is 0 Å². The summed E-state index contributed by atoms with van der Waals surface area (Å²) >= 11 is 12.5. The molecule has 0 aliphatic carbocycles. The average molecular weight is 329 g/mol. The summed E-state index contributed by atoms with van der Waals surface area (Å²) in [4.78, 5) is 0. The molecule has 0 atom stereocenters. The first-order valence-corrected chi connectivity index (χ1v) is 8.01. The third-order valence-electron chi connectivity index (χ3n) is 3.88. The van der Waals surface area contributed by atoms with Gasteiger partial charge in [0.2, 0.25) is 0 Å². The first kappa shape index (κ1) is 16.3. The van der Waals surface area contributed by atoms with Gasteiger partial charge in [-0.15, -0.1) is 23.2 Å². The van der Waals surface area contributed by atoms with Crippen LogP contribution in [-0.2, 0) is 25.3 Å². The van der Waals surface area contributed by atoms with Gasteiger partial charge in [-0.05, 0) is 30.2 Å². The van der Waals surface area contributed by atoms with Gasteiger partial charge in [-0.1, -0.05) is 19.1 Å². The molecule has 0 radical (unpaired) electrons. The minimum atomic E-state index is -0.421. The molecule has 1 aromatic heterocycles. The highest BCUT2D eigenvalue weighted by Crippen LogP contribution is 2.32. The van der Waals surface area contributed by atoms with Crippen LogP contribution in [0.5, 0.6) is 0 Å². The van der Waals surface area contributed by atoms with E-state index in [9.17, 15) is 4.39 Å². The van der Waals surface area contributed by atoms with E-state index in [-0.39, 0.29) is 5.82 Å². The molecule has 0 unspecified atom stereocenters. The van der Waals surface area contributed by atoms with E-state index in [2.05, 4.69) is 18.1 Å². The molecule has 0 saturated carbocycles. The van der Waals surface area contributed by atoms with Crippen LogP contribution in [0.3, 0.4) is 0 Å². The lowest BCUT2D eigenvalue weighted by Gasteiger charge is -2.30. The Kier molecular flexibility index (Phi) is 5.28. The van der Waals surface area contributed by atoms with Crippen molar-refractivity contribution in [1.29, 1.82) is 0 Å². The lowest BCUT2D eigenvalue weighted by atomic mass is 9.80. The van der Waals surface area contributed by atoms with Gasteiger partial charge >= 0.3 is 0 Å². The second-order valence-electron chi connectivity index (χ2n) is 5.34. The zero-order chi connectivity index (χ0) is 15.5. The summed E-state index contributed by atoms with van der Waals surface area (Å²) in [6.45, 7) is 2.07. The maximum atomic E-state index is 13.1. The molecule has 0 aliphatic rings. The number of halogens is 3. The summed E-state index contributed by atoms with van der Waals surface area (Å²) < 4.78 is 15.0. The monoisotopic (exact) mass is 328 g/mol. The molecule has 1 heterocycles. The maximum Gasteiger partial charge on any atom is 0.123 e. The molecule has 2 aromatic rings. The molecule has 2 nitrogen and oxygen atoms in total. The number of hydrogen-bond acceptors (Lipinski definition) is 1. The van der Waals surface area contributed by atoms with Crippen LogP contribution in [0.2, 0.25) is 0 Å². The Morgan fingerprint density at radius 1 is 1.19 bits per heavy atom. The minimum absolute atomic E-state index is 0.259.